The highest BCUT2D eigenvalue weighted by Crippen LogP contribution is 2.56. The standard InChI is InChI=1S/C23H27N3O5/c27-17-10-31-18-7-16(17)25-15-4-1-11(5-14(15)18)8-24-19(28)9-26-22(29)20-12-2-3-13(6-12)21(20)23(26)30/h1,4-5,12-13,16-18,20-21,25,27H,2-3,6-10H2,(H,24,28)/t12-,13+,16-,17-,18?,20+,21-/m1/s1. The summed E-state index contributed by atoms with van der Waals surface area (Å²) in [5, 5.41) is 16.2. The molecule has 3 aliphatic heterocycles. The number of hydrogen-bond donors (Lipinski definition) is 3. The molecular weight excluding hydrogens is 398 g/mol. The Kier molecular flexibility index (Phi) is 4.37. The molecule has 5 aliphatic rings. The summed E-state index contributed by atoms with van der Waals surface area (Å²) >= 11 is 0. The molecule has 1 aromatic carbocycles. The van der Waals surface area contributed by atoms with Gasteiger partial charge in [-0.3, -0.25) is 19.3 Å². The molecule has 4 fully saturated rings. The zero-order chi connectivity index (χ0) is 21.3. The first kappa shape index (κ1) is 19.3. The third kappa shape index (κ3) is 2.99. The SMILES string of the molecule is O=C(CN1C(=O)[C@@H]2[C@H]3CC[C@H](C3)[C@@H]2C1=O)NCc1ccc2c(c1)C1C[C@@H](N2)[C@H](O)CO1. The molecule has 7 atom stereocenters. The van der Waals surface area contributed by atoms with Crippen LogP contribution in [0.1, 0.15) is 42.9 Å². The van der Waals surface area contributed by atoms with Crippen molar-refractivity contribution in [3.63, 3.8) is 0 Å². The molecule has 164 valence electrons. The lowest BCUT2D eigenvalue weighted by Crippen LogP contribution is -2.46. The first-order chi connectivity index (χ1) is 15.0. The van der Waals surface area contributed by atoms with Crippen molar-refractivity contribution in [3.8, 4) is 0 Å². The van der Waals surface area contributed by atoms with Crippen molar-refractivity contribution in [3.05, 3.63) is 29.3 Å². The molecule has 0 aromatic heterocycles. The number of nitrogens with zero attached hydrogens (tertiary/aromatic N) is 1. The first-order valence-electron chi connectivity index (χ1n) is 11.3. The fourth-order valence-electron chi connectivity index (χ4n) is 6.50. The van der Waals surface area contributed by atoms with E-state index in [0.717, 1.165) is 36.1 Å². The molecule has 1 aromatic rings. The average Bonchev–Trinajstić information content (AvgIpc) is 3.45. The molecule has 31 heavy (non-hydrogen) atoms. The number of benzene rings is 1. The van der Waals surface area contributed by atoms with Crippen LogP contribution in [0.3, 0.4) is 0 Å². The number of rotatable bonds is 4. The Labute approximate surface area is 180 Å². The molecule has 1 unspecified atom stereocenters. The van der Waals surface area contributed by atoms with Crippen molar-refractivity contribution < 1.29 is 24.2 Å². The molecule has 6 rings (SSSR count). The highest BCUT2D eigenvalue weighted by atomic mass is 16.5. The molecule has 2 saturated heterocycles. The van der Waals surface area contributed by atoms with Crippen molar-refractivity contribution >= 4 is 23.4 Å². The third-order valence-electron chi connectivity index (χ3n) is 8.01. The Morgan fingerprint density at radius 2 is 1.90 bits per heavy atom. The number of carbonyl (C=O) groups excluding carboxylic acids is 3. The van der Waals surface area contributed by atoms with E-state index in [-0.39, 0.29) is 48.2 Å². The molecule has 3 amide bonds. The van der Waals surface area contributed by atoms with Crippen LogP contribution in [0.15, 0.2) is 18.2 Å². The fourth-order valence-corrected chi connectivity index (χ4v) is 6.50. The monoisotopic (exact) mass is 425 g/mol. The molecule has 8 heteroatoms. The van der Waals surface area contributed by atoms with Gasteiger partial charge in [0.1, 0.15) is 6.54 Å². The summed E-state index contributed by atoms with van der Waals surface area (Å²) in [5.74, 6) is -0.346. The van der Waals surface area contributed by atoms with E-state index < -0.39 is 6.10 Å². The molecule has 3 N–H and O–H groups in total. The summed E-state index contributed by atoms with van der Waals surface area (Å²) in [6.45, 7) is 0.436. The summed E-state index contributed by atoms with van der Waals surface area (Å²) in [4.78, 5) is 39.3. The topological polar surface area (TPSA) is 108 Å². The second kappa shape index (κ2) is 7.03. The van der Waals surface area contributed by atoms with Gasteiger partial charge in [0, 0.05) is 24.2 Å². The van der Waals surface area contributed by atoms with Crippen LogP contribution in [0.2, 0.25) is 0 Å². The molecule has 2 aliphatic carbocycles. The number of aliphatic hydroxyl groups is 1. The number of nitrogens with one attached hydrogen (secondary N) is 2. The van der Waals surface area contributed by atoms with Crippen LogP contribution in [0, 0.1) is 23.7 Å². The largest absolute Gasteiger partial charge is 0.389 e. The van der Waals surface area contributed by atoms with Crippen LogP contribution < -0.4 is 10.6 Å². The summed E-state index contributed by atoms with van der Waals surface area (Å²) < 4.78 is 5.78. The van der Waals surface area contributed by atoms with E-state index in [1.165, 1.54) is 4.90 Å². The van der Waals surface area contributed by atoms with Crippen LogP contribution in [0.25, 0.3) is 0 Å². The predicted molar refractivity (Wildman–Crippen MR) is 110 cm³/mol. The molecule has 0 spiro atoms. The van der Waals surface area contributed by atoms with Gasteiger partial charge >= 0.3 is 0 Å². The van der Waals surface area contributed by atoms with Crippen LogP contribution in [-0.2, 0) is 25.7 Å². The number of carbonyl (C=O) groups is 3. The van der Waals surface area contributed by atoms with Crippen LogP contribution >= 0.6 is 0 Å². The van der Waals surface area contributed by atoms with E-state index in [4.69, 9.17) is 4.74 Å². The number of fused-ring (bicyclic) bond motifs is 9. The lowest BCUT2D eigenvalue weighted by Gasteiger charge is -2.40. The molecule has 3 heterocycles. The van der Waals surface area contributed by atoms with Crippen molar-refractivity contribution in [1.29, 1.82) is 0 Å². The lowest BCUT2D eigenvalue weighted by atomic mass is 9.81. The number of hydrogen-bond acceptors (Lipinski definition) is 6. The number of aliphatic hydroxyl groups excluding tert-OH is 1. The zero-order valence-corrected chi connectivity index (χ0v) is 17.3. The quantitative estimate of drug-likeness (QED) is 0.620. The number of imide groups is 1. The maximum Gasteiger partial charge on any atom is 0.240 e. The summed E-state index contributed by atoms with van der Waals surface area (Å²) in [6, 6.07) is 5.88. The van der Waals surface area contributed by atoms with E-state index in [1.54, 1.807) is 0 Å². The Morgan fingerprint density at radius 3 is 2.65 bits per heavy atom. The van der Waals surface area contributed by atoms with Crippen molar-refractivity contribution in [2.75, 3.05) is 18.5 Å². The van der Waals surface area contributed by atoms with Gasteiger partial charge in [-0.1, -0.05) is 6.07 Å². The number of anilines is 1. The normalized spacial score (nSPS) is 37.5. The fraction of sp³-hybridized carbons (Fsp3) is 0.609. The van der Waals surface area contributed by atoms with E-state index in [0.29, 0.717) is 31.4 Å². The van der Waals surface area contributed by atoms with Gasteiger partial charge in [0.15, 0.2) is 0 Å². The van der Waals surface area contributed by atoms with Crippen LogP contribution in [0.4, 0.5) is 5.69 Å². The Hall–Kier alpha value is -2.45. The highest BCUT2D eigenvalue weighted by Gasteiger charge is 2.60. The summed E-state index contributed by atoms with van der Waals surface area (Å²) in [7, 11) is 0. The van der Waals surface area contributed by atoms with Gasteiger partial charge in [0.05, 0.1) is 36.7 Å². The summed E-state index contributed by atoms with van der Waals surface area (Å²) in [6.07, 6.45) is 3.20. The second-order valence-electron chi connectivity index (χ2n) is 9.72. The highest BCUT2D eigenvalue weighted by molar-refractivity contribution is 6.08. The minimum atomic E-state index is -0.505. The molecule has 4 bridgehead atoms. The van der Waals surface area contributed by atoms with Gasteiger partial charge in [-0.25, -0.2) is 0 Å². The average molecular weight is 425 g/mol. The van der Waals surface area contributed by atoms with Crippen LogP contribution in [0.5, 0.6) is 0 Å². The number of likely N-dealkylation sites (tertiary alicyclic amines) is 1. The van der Waals surface area contributed by atoms with E-state index >= 15 is 0 Å². The van der Waals surface area contributed by atoms with Gasteiger partial charge in [-0.05, 0) is 48.8 Å². The number of amides is 3. The maximum absolute atomic E-state index is 12.8. The minimum absolute atomic E-state index is 0.00191. The van der Waals surface area contributed by atoms with Crippen molar-refractivity contribution in [1.82, 2.24) is 10.2 Å². The van der Waals surface area contributed by atoms with E-state index in [2.05, 4.69) is 10.6 Å². The van der Waals surface area contributed by atoms with Crippen molar-refractivity contribution in [2.45, 2.75) is 50.5 Å². The summed E-state index contributed by atoms with van der Waals surface area (Å²) in [5.41, 5.74) is 2.91. The maximum atomic E-state index is 12.8. The minimum Gasteiger partial charge on any atom is -0.389 e. The van der Waals surface area contributed by atoms with Gasteiger partial charge in [0.2, 0.25) is 17.7 Å². The molecular formula is C23H27N3O5. The zero-order valence-electron chi connectivity index (χ0n) is 17.3. The lowest BCUT2D eigenvalue weighted by molar-refractivity contribution is -0.144. The van der Waals surface area contributed by atoms with Gasteiger partial charge in [-0.15, -0.1) is 0 Å². The van der Waals surface area contributed by atoms with E-state index in [9.17, 15) is 19.5 Å². The Balaban J connectivity index is 1.09. The van der Waals surface area contributed by atoms with E-state index in [1.807, 2.05) is 18.2 Å². The first-order valence-corrected chi connectivity index (χ1v) is 11.3. The smallest absolute Gasteiger partial charge is 0.240 e. The molecule has 8 nitrogen and oxygen atoms in total. The third-order valence-corrected chi connectivity index (χ3v) is 8.01. The van der Waals surface area contributed by atoms with Gasteiger partial charge in [0.25, 0.3) is 0 Å². The predicted octanol–water partition coefficient (Wildman–Crippen LogP) is 0.950. The molecule has 2 saturated carbocycles. The Morgan fingerprint density at radius 1 is 1.16 bits per heavy atom. The van der Waals surface area contributed by atoms with Gasteiger partial charge in [-0.2, -0.15) is 0 Å². The molecule has 0 radical (unpaired) electrons. The Bertz CT molecular complexity index is 937. The second-order valence-corrected chi connectivity index (χ2v) is 9.72. The van der Waals surface area contributed by atoms with Crippen molar-refractivity contribution in [2.24, 2.45) is 23.7 Å². The van der Waals surface area contributed by atoms with Gasteiger partial charge < -0.3 is 20.5 Å². The number of ether oxygens (including phenoxy) is 1. The van der Waals surface area contributed by atoms with Crippen LogP contribution in [-0.4, -0.2) is 53.0 Å².